The average Bonchev–Trinajstić information content (AvgIpc) is 2.58. The first kappa shape index (κ1) is 12.8. The van der Waals surface area contributed by atoms with E-state index in [-0.39, 0.29) is 11.3 Å². The monoisotopic (exact) mass is 255 g/mol. The summed E-state index contributed by atoms with van der Waals surface area (Å²) in [6.45, 7) is 6.53. The van der Waals surface area contributed by atoms with Crippen LogP contribution >= 0.6 is 0 Å². The molecule has 2 unspecified atom stereocenters. The lowest BCUT2D eigenvalue weighted by Gasteiger charge is -2.48. The van der Waals surface area contributed by atoms with Gasteiger partial charge in [-0.25, -0.2) is 0 Å². The second-order valence-electron chi connectivity index (χ2n) is 6.05. The van der Waals surface area contributed by atoms with Crippen LogP contribution in [0.3, 0.4) is 0 Å². The van der Waals surface area contributed by atoms with E-state index < -0.39 is 0 Å². The summed E-state index contributed by atoms with van der Waals surface area (Å²) in [5, 5.41) is 7.22. The molecule has 0 aromatic carbocycles. The lowest BCUT2D eigenvalue weighted by atomic mass is 9.94. The Morgan fingerprint density at radius 2 is 2.06 bits per heavy atom. The van der Waals surface area contributed by atoms with Gasteiger partial charge in [-0.3, -0.25) is 5.32 Å². The summed E-state index contributed by atoms with van der Waals surface area (Å²) in [5.74, 6) is 0. The van der Waals surface area contributed by atoms with E-state index >= 15 is 0 Å². The molecule has 3 rings (SSSR count). The van der Waals surface area contributed by atoms with E-state index in [1.807, 2.05) is 0 Å². The lowest BCUT2D eigenvalue weighted by molar-refractivity contribution is -0.155. The normalized spacial score (nSPS) is 43.2. The Morgan fingerprint density at radius 3 is 2.78 bits per heavy atom. The van der Waals surface area contributed by atoms with Crippen molar-refractivity contribution >= 4 is 0 Å². The predicted octanol–water partition coefficient (Wildman–Crippen LogP) is -0.223. The van der Waals surface area contributed by atoms with Gasteiger partial charge in [-0.2, -0.15) is 0 Å². The molecule has 2 atom stereocenters. The number of ether oxygens (including phenoxy) is 2. The molecule has 0 saturated carbocycles. The number of morpholine rings is 1. The fourth-order valence-corrected chi connectivity index (χ4v) is 3.19. The van der Waals surface area contributed by atoms with Crippen molar-refractivity contribution in [3.05, 3.63) is 0 Å². The molecule has 0 aliphatic carbocycles. The summed E-state index contributed by atoms with van der Waals surface area (Å²) < 4.78 is 11.8. The second-order valence-corrected chi connectivity index (χ2v) is 6.05. The summed E-state index contributed by atoms with van der Waals surface area (Å²) in [7, 11) is 2.19. The predicted molar refractivity (Wildman–Crippen MR) is 69.6 cm³/mol. The molecule has 3 fully saturated rings. The maximum absolute atomic E-state index is 6.25. The molecule has 3 saturated heterocycles. The third-order valence-electron chi connectivity index (χ3n) is 4.52. The fourth-order valence-electron chi connectivity index (χ4n) is 3.19. The van der Waals surface area contributed by atoms with Crippen molar-refractivity contribution in [2.45, 2.75) is 30.5 Å². The van der Waals surface area contributed by atoms with E-state index in [9.17, 15) is 0 Å². The number of nitrogens with one attached hydrogen (secondary N) is 2. The summed E-state index contributed by atoms with van der Waals surface area (Å²) in [5.41, 5.74) is -0.0865. The van der Waals surface area contributed by atoms with E-state index in [4.69, 9.17) is 9.47 Å². The second kappa shape index (κ2) is 5.06. The Bertz CT molecular complexity index is 282. The van der Waals surface area contributed by atoms with Crippen LogP contribution in [0.25, 0.3) is 0 Å². The minimum absolute atomic E-state index is 0.00169. The van der Waals surface area contributed by atoms with Crippen molar-refractivity contribution < 1.29 is 9.47 Å². The Hall–Kier alpha value is -0.200. The summed E-state index contributed by atoms with van der Waals surface area (Å²) in [6.07, 6.45) is 3.41. The Balaban J connectivity index is 1.61. The number of nitrogens with zero attached hydrogens (tertiary/aromatic N) is 1. The number of rotatable bonds is 0. The highest BCUT2D eigenvalue weighted by molar-refractivity contribution is 4.99. The lowest BCUT2D eigenvalue weighted by Crippen LogP contribution is -2.70. The molecule has 3 heterocycles. The van der Waals surface area contributed by atoms with Gasteiger partial charge in [0.15, 0.2) is 0 Å². The molecule has 0 radical (unpaired) electrons. The van der Waals surface area contributed by atoms with Gasteiger partial charge in [0.1, 0.15) is 5.72 Å². The molecule has 18 heavy (non-hydrogen) atoms. The highest BCUT2D eigenvalue weighted by Gasteiger charge is 2.44. The largest absolute Gasteiger partial charge is 0.378 e. The van der Waals surface area contributed by atoms with Gasteiger partial charge >= 0.3 is 0 Å². The van der Waals surface area contributed by atoms with Gasteiger partial charge in [-0.1, -0.05) is 0 Å². The molecule has 104 valence electrons. The van der Waals surface area contributed by atoms with Crippen molar-refractivity contribution in [1.29, 1.82) is 0 Å². The minimum Gasteiger partial charge on any atom is -0.378 e. The molecule has 0 bridgehead atoms. The Morgan fingerprint density at radius 1 is 1.11 bits per heavy atom. The van der Waals surface area contributed by atoms with Crippen LogP contribution in [0, 0.1) is 0 Å². The molecular weight excluding hydrogens is 230 g/mol. The zero-order valence-electron chi connectivity index (χ0n) is 11.3. The third kappa shape index (κ3) is 2.56. The number of hydrogen-bond donors (Lipinski definition) is 2. The van der Waals surface area contributed by atoms with Gasteiger partial charge in [0, 0.05) is 26.1 Å². The minimum atomic E-state index is -0.0882. The van der Waals surface area contributed by atoms with Gasteiger partial charge in [-0.15, -0.1) is 0 Å². The summed E-state index contributed by atoms with van der Waals surface area (Å²) in [4.78, 5) is 2.39. The molecule has 2 spiro atoms. The molecule has 0 aromatic rings. The smallest absolute Gasteiger partial charge is 0.120 e. The van der Waals surface area contributed by atoms with Gasteiger partial charge in [0.25, 0.3) is 0 Å². The first-order valence-electron chi connectivity index (χ1n) is 7.12. The van der Waals surface area contributed by atoms with Crippen molar-refractivity contribution in [2.75, 3.05) is 53.0 Å². The van der Waals surface area contributed by atoms with Crippen molar-refractivity contribution in [2.24, 2.45) is 0 Å². The molecule has 5 heteroatoms. The first-order chi connectivity index (χ1) is 8.72. The summed E-state index contributed by atoms with van der Waals surface area (Å²) >= 11 is 0. The highest BCUT2D eigenvalue weighted by atomic mass is 16.5. The van der Waals surface area contributed by atoms with Crippen LogP contribution in [0.15, 0.2) is 0 Å². The highest BCUT2D eigenvalue weighted by Crippen LogP contribution is 2.29. The topological polar surface area (TPSA) is 45.8 Å². The third-order valence-corrected chi connectivity index (χ3v) is 4.52. The van der Waals surface area contributed by atoms with Gasteiger partial charge in [0.05, 0.1) is 25.4 Å². The number of likely N-dealkylation sites (tertiary alicyclic amines) is 1. The summed E-state index contributed by atoms with van der Waals surface area (Å²) in [6, 6.07) is 0. The van der Waals surface area contributed by atoms with Crippen molar-refractivity contribution in [3.63, 3.8) is 0 Å². The van der Waals surface area contributed by atoms with Crippen LogP contribution in [-0.2, 0) is 9.47 Å². The Labute approximate surface area is 109 Å². The molecule has 2 N–H and O–H groups in total. The molecule has 3 aliphatic rings. The fraction of sp³-hybridized carbons (Fsp3) is 1.00. The van der Waals surface area contributed by atoms with Crippen LogP contribution in [0.4, 0.5) is 0 Å². The molecule has 3 aliphatic heterocycles. The van der Waals surface area contributed by atoms with Crippen LogP contribution in [0.2, 0.25) is 0 Å². The molecule has 0 amide bonds. The van der Waals surface area contributed by atoms with E-state index in [0.29, 0.717) is 0 Å². The first-order valence-corrected chi connectivity index (χ1v) is 7.12. The Kier molecular flexibility index (Phi) is 3.60. The van der Waals surface area contributed by atoms with Crippen LogP contribution in [-0.4, -0.2) is 69.2 Å². The zero-order chi connectivity index (χ0) is 12.5. The van der Waals surface area contributed by atoms with E-state index in [0.717, 1.165) is 52.3 Å². The quantitative estimate of drug-likeness (QED) is 0.626. The SMILES string of the molecule is CN1CCCC2(CC1)NCC1(COCCN1)CO2. The standard InChI is InChI=1S/C13H25N3O2/c1-16-6-2-3-13(4-7-16)15-9-12(11-18-13)10-17-8-5-14-12/h14-15H,2-11H2,1H3. The van der Waals surface area contributed by atoms with Crippen LogP contribution in [0.1, 0.15) is 19.3 Å². The van der Waals surface area contributed by atoms with Gasteiger partial charge in [0.2, 0.25) is 0 Å². The molecule has 0 aromatic heterocycles. The zero-order valence-corrected chi connectivity index (χ0v) is 11.3. The molecular formula is C13H25N3O2. The van der Waals surface area contributed by atoms with E-state index in [2.05, 4.69) is 22.6 Å². The van der Waals surface area contributed by atoms with E-state index in [1.165, 1.54) is 13.0 Å². The van der Waals surface area contributed by atoms with Crippen LogP contribution < -0.4 is 10.6 Å². The maximum atomic E-state index is 6.25. The van der Waals surface area contributed by atoms with Crippen LogP contribution in [0.5, 0.6) is 0 Å². The molecule has 5 nitrogen and oxygen atoms in total. The maximum Gasteiger partial charge on any atom is 0.120 e. The average molecular weight is 255 g/mol. The van der Waals surface area contributed by atoms with E-state index in [1.54, 1.807) is 0 Å². The van der Waals surface area contributed by atoms with Crippen molar-refractivity contribution in [1.82, 2.24) is 15.5 Å². The van der Waals surface area contributed by atoms with Gasteiger partial charge < -0.3 is 19.7 Å². The van der Waals surface area contributed by atoms with Gasteiger partial charge in [-0.05, 0) is 26.4 Å². The number of hydrogen-bond acceptors (Lipinski definition) is 5. The van der Waals surface area contributed by atoms with Crippen molar-refractivity contribution in [3.8, 4) is 0 Å².